The minimum absolute atomic E-state index is 0.267. The molecular formula is C16H18ClN7O2. The number of ether oxygens (including phenoxy) is 1. The lowest BCUT2D eigenvalue weighted by atomic mass is 10.2. The summed E-state index contributed by atoms with van der Waals surface area (Å²) in [5, 5.41) is 4.65. The first-order chi connectivity index (χ1) is 12.5. The average molecular weight is 376 g/mol. The van der Waals surface area contributed by atoms with Crippen molar-refractivity contribution >= 4 is 40.6 Å². The van der Waals surface area contributed by atoms with Crippen LogP contribution in [-0.2, 0) is 23.1 Å². The number of aryl methyl sites for hydroxylation is 3. The summed E-state index contributed by atoms with van der Waals surface area (Å²) in [5.41, 5.74) is 8.42. The molecule has 0 saturated carbocycles. The number of esters is 1. The number of carbonyl (C=O) groups excluding carboxylic acids is 1. The summed E-state index contributed by atoms with van der Waals surface area (Å²) < 4.78 is 8.59. The van der Waals surface area contributed by atoms with Crippen LogP contribution in [0.4, 0.5) is 5.82 Å². The van der Waals surface area contributed by atoms with Gasteiger partial charge in [-0.15, -0.1) is 0 Å². The third kappa shape index (κ3) is 3.67. The van der Waals surface area contributed by atoms with E-state index < -0.39 is 5.97 Å². The monoisotopic (exact) mass is 375 g/mol. The SMILES string of the molecule is Cc1nn(C)c(Cl)c1/C=C/C(=O)OCCCn1cnc2c(N)ncnc21. The van der Waals surface area contributed by atoms with Gasteiger partial charge in [0, 0.05) is 25.2 Å². The van der Waals surface area contributed by atoms with Crippen molar-refractivity contribution in [1.29, 1.82) is 0 Å². The molecule has 10 heteroatoms. The van der Waals surface area contributed by atoms with Crippen molar-refractivity contribution in [1.82, 2.24) is 29.3 Å². The molecule has 0 amide bonds. The van der Waals surface area contributed by atoms with Gasteiger partial charge in [0.2, 0.25) is 0 Å². The third-order valence-corrected chi connectivity index (χ3v) is 4.25. The number of imidazole rings is 1. The van der Waals surface area contributed by atoms with E-state index in [1.165, 1.54) is 12.4 Å². The first-order valence-corrected chi connectivity index (χ1v) is 8.30. The van der Waals surface area contributed by atoms with E-state index in [2.05, 4.69) is 20.1 Å². The van der Waals surface area contributed by atoms with Crippen LogP contribution in [0.5, 0.6) is 0 Å². The van der Waals surface area contributed by atoms with Crippen molar-refractivity contribution in [3.05, 3.63) is 35.1 Å². The molecule has 2 N–H and O–H groups in total. The summed E-state index contributed by atoms with van der Waals surface area (Å²) in [5.74, 6) is -0.0963. The summed E-state index contributed by atoms with van der Waals surface area (Å²) >= 11 is 6.11. The van der Waals surface area contributed by atoms with Crippen LogP contribution in [0.15, 0.2) is 18.7 Å². The number of fused-ring (bicyclic) bond motifs is 1. The summed E-state index contributed by atoms with van der Waals surface area (Å²) in [7, 11) is 1.74. The normalized spacial score (nSPS) is 11.5. The molecule has 0 aromatic carbocycles. The van der Waals surface area contributed by atoms with E-state index in [9.17, 15) is 4.79 Å². The molecule has 3 heterocycles. The second kappa shape index (κ2) is 7.52. The minimum Gasteiger partial charge on any atom is -0.462 e. The molecule has 0 aliphatic rings. The van der Waals surface area contributed by atoms with E-state index in [4.69, 9.17) is 22.1 Å². The van der Waals surface area contributed by atoms with Crippen LogP contribution < -0.4 is 5.73 Å². The van der Waals surface area contributed by atoms with Gasteiger partial charge >= 0.3 is 5.97 Å². The Kier molecular flexibility index (Phi) is 5.17. The Morgan fingerprint density at radius 1 is 1.38 bits per heavy atom. The van der Waals surface area contributed by atoms with Crippen LogP contribution in [0.2, 0.25) is 5.15 Å². The van der Waals surface area contributed by atoms with Crippen molar-refractivity contribution in [2.45, 2.75) is 19.9 Å². The van der Waals surface area contributed by atoms with Gasteiger partial charge in [-0.3, -0.25) is 4.68 Å². The number of carbonyl (C=O) groups is 1. The van der Waals surface area contributed by atoms with Crippen LogP contribution >= 0.6 is 11.6 Å². The molecule has 0 bridgehead atoms. The van der Waals surface area contributed by atoms with Crippen LogP contribution in [0, 0.1) is 6.92 Å². The minimum atomic E-state index is -0.439. The van der Waals surface area contributed by atoms with E-state index in [1.807, 2.05) is 11.5 Å². The molecule has 0 saturated heterocycles. The number of nitrogen functional groups attached to an aromatic ring is 1. The smallest absolute Gasteiger partial charge is 0.330 e. The lowest BCUT2D eigenvalue weighted by molar-refractivity contribution is -0.137. The van der Waals surface area contributed by atoms with Crippen LogP contribution in [-0.4, -0.2) is 41.9 Å². The maximum Gasteiger partial charge on any atom is 0.330 e. The first kappa shape index (κ1) is 17.9. The van der Waals surface area contributed by atoms with E-state index in [1.54, 1.807) is 24.1 Å². The lowest BCUT2D eigenvalue weighted by Gasteiger charge is -2.04. The Morgan fingerprint density at radius 2 is 2.19 bits per heavy atom. The number of aromatic nitrogens is 6. The summed E-state index contributed by atoms with van der Waals surface area (Å²) in [6.45, 7) is 2.68. The number of nitrogens with zero attached hydrogens (tertiary/aromatic N) is 6. The number of halogens is 1. The zero-order valence-electron chi connectivity index (χ0n) is 14.4. The molecule has 136 valence electrons. The lowest BCUT2D eigenvalue weighted by Crippen LogP contribution is -2.06. The summed E-state index contributed by atoms with van der Waals surface area (Å²) in [6.07, 6.45) is 6.60. The van der Waals surface area contributed by atoms with Crippen LogP contribution in [0.25, 0.3) is 17.2 Å². The maximum atomic E-state index is 11.8. The highest BCUT2D eigenvalue weighted by Gasteiger charge is 2.09. The van der Waals surface area contributed by atoms with Crippen molar-refractivity contribution in [2.75, 3.05) is 12.3 Å². The predicted molar refractivity (Wildman–Crippen MR) is 97.3 cm³/mol. The molecular weight excluding hydrogens is 358 g/mol. The number of anilines is 1. The molecule has 0 fully saturated rings. The Bertz CT molecular complexity index is 977. The number of hydrogen-bond donors (Lipinski definition) is 1. The second-order valence-electron chi connectivity index (χ2n) is 5.64. The fourth-order valence-electron chi connectivity index (χ4n) is 2.51. The molecule has 0 aliphatic heterocycles. The average Bonchev–Trinajstić information content (AvgIpc) is 3.12. The number of hydrogen-bond acceptors (Lipinski definition) is 7. The highest BCUT2D eigenvalue weighted by molar-refractivity contribution is 6.31. The second-order valence-corrected chi connectivity index (χ2v) is 5.99. The fourth-order valence-corrected chi connectivity index (χ4v) is 2.74. The van der Waals surface area contributed by atoms with Crippen molar-refractivity contribution in [3.8, 4) is 0 Å². The maximum absolute atomic E-state index is 11.8. The molecule has 0 radical (unpaired) electrons. The Morgan fingerprint density at radius 3 is 2.92 bits per heavy atom. The standard InChI is InChI=1S/C16H18ClN7O2/c1-10-11(14(17)23(2)22-10)4-5-12(25)26-7-3-6-24-9-21-13-15(18)19-8-20-16(13)24/h4-5,8-9H,3,6-7H2,1-2H3,(H2,18,19,20)/b5-4+. The molecule has 0 unspecified atom stereocenters. The zero-order chi connectivity index (χ0) is 18.7. The van der Waals surface area contributed by atoms with Gasteiger partial charge in [-0.25, -0.2) is 19.7 Å². The molecule has 0 atom stereocenters. The van der Waals surface area contributed by atoms with E-state index >= 15 is 0 Å². The molecule has 9 nitrogen and oxygen atoms in total. The Hall–Kier alpha value is -2.94. The quantitative estimate of drug-likeness (QED) is 0.396. The van der Waals surface area contributed by atoms with Crippen molar-refractivity contribution in [2.24, 2.45) is 7.05 Å². The predicted octanol–water partition coefficient (Wildman–Crippen LogP) is 1.75. The molecule has 3 rings (SSSR count). The van der Waals surface area contributed by atoms with Crippen LogP contribution in [0.1, 0.15) is 17.7 Å². The summed E-state index contributed by atoms with van der Waals surface area (Å²) in [6, 6.07) is 0. The first-order valence-electron chi connectivity index (χ1n) is 7.92. The van der Waals surface area contributed by atoms with Gasteiger partial charge < -0.3 is 15.0 Å². The van der Waals surface area contributed by atoms with Gasteiger partial charge in [-0.1, -0.05) is 11.6 Å². The number of rotatable bonds is 6. The topological polar surface area (TPSA) is 114 Å². The van der Waals surface area contributed by atoms with Gasteiger partial charge in [-0.2, -0.15) is 5.10 Å². The van der Waals surface area contributed by atoms with Gasteiger partial charge in [-0.05, 0) is 19.4 Å². The van der Waals surface area contributed by atoms with E-state index in [0.29, 0.717) is 40.7 Å². The highest BCUT2D eigenvalue weighted by Crippen LogP contribution is 2.20. The van der Waals surface area contributed by atoms with Gasteiger partial charge in [0.1, 0.15) is 17.0 Å². The van der Waals surface area contributed by atoms with Gasteiger partial charge in [0.25, 0.3) is 0 Å². The summed E-state index contributed by atoms with van der Waals surface area (Å²) in [4.78, 5) is 24.1. The fraction of sp³-hybridized carbons (Fsp3) is 0.312. The Labute approximate surface area is 154 Å². The van der Waals surface area contributed by atoms with Crippen molar-refractivity contribution < 1.29 is 9.53 Å². The van der Waals surface area contributed by atoms with Gasteiger partial charge in [0.15, 0.2) is 11.5 Å². The third-order valence-electron chi connectivity index (χ3n) is 3.80. The highest BCUT2D eigenvalue weighted by atomic mass is 35.5. The molecule has 3 aromatic heterocycles. The van der Waals surface area contributed by atoms with Gasteiger partial charge in [0.05, 0.1) is 18.6 Å². The molecule has 0 aliphatic carbocycles. The molecule has 3 aromatic rings. The van der Waals surface area contributed by atoms with Crippen LogP contribution in [0.3, 0.4) is 0 Å². The van der Waals surface area contributed by atoms with Crippen molar-refractivity contribution in [3.63, 3.8) is 0 Å². The number of nitrogens with two attached hydrogens (primary N) is 1. The molecule has 0 spiro atoms. The Balaban J connectivity index is 1.51. The van der Waals surface area contributed by atoms with E-state index in [0.717, 1.165) is 5.69 Å². The molecule has 26 heavy (non-hydrogen) atoms. The largest absolute Gasteiger partial charge is 0.462 e. The zero-order valence-corrected chi connectivity index (χ0v) is 15.1. The van der Waals surface area contributed by atoms with E-state index in [-0.39, 0.29) is 6.61 Å².